The number of halogens is 1. The van der Waals surface area contributed by atoms with Crippen LogP contribution < -0.4 is 19.1 Å². The van der Waals surface area contributed by atoms with Crippen LogP contribution in [0.5, 0.6) is 17.2 Å². The first-order chi connectivity index (χ1) is 14.6. The van der Waals surface area contributed by atoms with Gasteiger partial charge in [-0.25, -0.2) is 9.37 Å². The van der Waals surface area contributed by atoms with Gasteiger partial charge in [0.05, 0.1) is 14.2 Å². The highest BCUT2D eigenvalue weighted by molar-refractivity contribution is 7.22. The predicted octanol–water partition coefficient (Wildman–Crippen LogP) is 3.18. The fourth-order valence-electron chi connectivity index (χ4n) is 3.35. The molecule has 2 aromatic carbocycles. The molecule has 1 aromatic heterocycles. The zero-order chi connectivity index (χ0) is 21.1. The number of carbonyl (C=O) groups is 1. The average molecular weight is 431 g/mol. The molecule has 0 spiro atoms. The number of hydrogen-bond acceptors (Lipinski definition) is 7. The van der Waals surface area contributed by atoms with Crippen molar-refractivity contribution in [3.05, 3.63) is 42.2 Å². The monoisotopic (exact) mass is 431 g/mol. The number of benzene rings is 2. The minimum Gasteiger partial charge on any atom is -0.495 e. The Hall–Kier alpha value is -3.07. The van der Waals surface area contributed by atoms with Crippen molar-refractivity contribution in [1.29, 1.82) is 0 Å². The molecule has 0 N–H and O–H groups in total. The zero-order valence-corrected chi connectivity index (χ0v) is 17.6. The molecule has 1 fully saturated rings. The summed E-state index contributed by atoms with van der Waals surface area (Å²) in [7, 11) is 3.25. The maximum Gasteiger partial charge on any atom is 0.260 e. The number of para-hydroxylation sites is 1. The molecule has 9 heteroatoms. The van der Waals surface area contributed by atoms with Crippen molar-refractivity contribution in [3.63, 3.8) is 0 Å². The van der Waals surface area contributed by atoms with E-state index in [0.29, 0.717) is 31.9 Å². The molecule has 1 aliphatic heterocycles. The summed E-state index contributed by atoms with van der Waals surface area (Å²) in [5, 5.41) is 0.863. The topological polar surface area (TPSA) is 64.1 Å². The maximum absolute atomic E-state index is 13.6. The van der Waals surface area contributed by atoms with Gasteiger partial charge in [-0.15, -0.1) is 0 Å². The van der Waals surface area contributed by atoms with Crippen LogP contribution in [-0.2, 0) is 4.79 Å². The number of amides is 1. The first-order valence-electron chi connectivity index (χ1n) is 9.52. The zero-order valence-electron chi connectivity index (χ0n) is 16.8. The van der Waals surface area contributed by atoms with Crippen LogP contribution in [0.3, 0.4) is 0 Å². The van der Waals surface area contributed by atoms with Gasteiger partial charge in [0.1, 0.15) is 21.7 Å². The number of fused-ring (bicyclic) bond motifs is 1. The normalized spacial score (nSPS) is 14.1. The number of nitrogens with zero attached hydrogens (tertiary/aromatic N) is 3. The summed E-state index contributed by atoms with van der Waals surface area (Å²) in [5.41, 5.74) is 0.772. The Morgan fingerprint density at radius 2 is 1.73 bits per heavy atom. The van der Waals surface area contributed by atoms with E-state index in [1.165, 1.54) is 12.1 Å². The molecular formula is C21H22FN3O4S. The number of piperazine rings is 1. The van der Waals surface area contributed by atoms with Crippen LogP contribution in [0, 0.1) is 5.82 Å². The first-order valence-corrected chi connectivity index (χ1v) is 10.3. The minimum atomic E-state index is -0.475. The number of thiazole rings is 1. The molecule has 3 aromatic rings. The van der Waals surface area contributed by atoms with Crippen LogP contribution in [-0.4, -0.2) is 62.8 Å². The smallest absolute Gasteiger partial charge is 0.260 e. The van der Waals surface area contributed by atoms with E-state index in [9.17, 15) is 9.18 Å². The van der Waals surface area contributed by atoms with E-state index in [-0.39, 0.29) is 18.3 Å². The molecule has 4 rings (SSSR count). The highest BCUT2D eigenvalue weighted by Crippen LogP contribution is 2.40. The quantitative estimate of drug-likeness (QED) is 0.597. The number of methoxy groups -OCH3 is 2. The van der Waals surface area contributed by atoms with Gasteiger partial charge in [-0.2, -0.15) is 0 Å². The lowest BCUT2D eigenvalue weighted by molar-refractivity contribution is -0.133. The molecule has 158 valence electrons. The second-order valence-electron chi connectivity index (χ2n) is 6.73. The van der Waals surface area contributed by atoms with Crippen LogP contribution in [0.4, 0.5) is 9.52 Å². The van der Waals surface area contributed by atoms with Crippen molar-refractivity contribution >= 4 is 32.6 Å². The van der Waals surface area contributed by atoms with Gasteiger partial charge in [0.2, 0.25) is 0 Å². The van der Waals surface area contributed by atoms with Crippen molar-refractivity contribution in [2.75, 3.05) is 51.9 Å². The molecule has 0 aliphatic carbocycles. The summed E-state index contributed by atoms with van der Waals surface area (Å²) in [6, 6.07) is 9.78. The number of rotatable bonds is 6. The Balaban J connectivity index is 1.39. The van der Waals surface area contributed by atoms with Gasteiger partial charge in [0, 0.05) is 26.2 Å². The van der Waals surface area contributed by atoms with Crippen LogP contribution in [0.2, 0.25) is 0 Å². The highest BCUT2D eigenvalue weighted by atomic mass is 32.1. The molecule has 1 saturated heterocycles. The third-order valence-corrected chi connectivity index (χ3v) is 6.12. The van der Waals surface area contributed by atoms with Gasteiger partial charge in [0.25, 0.3) is 5.91 Å². The number of aromatic nitrogens is 1. The summed E-state index contributed by atoms with van der Waals surface area (Å²) in [6.07, 6.45) is 0. The first kappa shape index (κ1) is 20.2. The molecule has 0 radical (unpaired) electrons. The van der Waals surface area contributed by atoms with E-state index >= 15 is 0 Å². The van der Waals surface area contributed by atoms with Crippen molar-refractivity contribution in [1.82, 2.24) is 9.88 Å². The number of anilines is 1. The third kappa shape index (κ3) is 3.97. The number of ether oxygens (including phenoxy) is 3. The SMILES string of the molecule is COc1ccc(OC)c2sc(N3CCN(C(=O)COc4ccccc4F)CC3)nc12. The molecule has 30 heavy (non-hydrogen) atoms. The van der Waals surface area contributed by atoms with E-state index < -0.39 is 5.82 Å². The molecule has 1 aliphatic rings. The van der Waals surface area contributed by atoms with E-state index in [0.717, 1.165) is 21.1 Å². The second kappa shape index (κ2) is 8.74. The largest absolute Gasteiger partial charge is 0.495 e. The fraction of sp³-hybridized carbons (Fsp3) is 0.333. The van der Waals surface area contributed by atoms with Crippen LogP contribution in [0.1, 0.15) is 0 Å². The van der Waals surface area contributed by atoms with Crippen LogP contribution in [0.25, 0.3) is 10.2 Å². The van der Waals surface area contributed by atoms with Gasteiger partial charge in [-0.1, -0.05) is 23.5 Å². The molecule has 0 saturated carbocycles. The Morgan fingerprint density at radius 3 is 2.43 bits per heavy atom. The summed E-state index contributed by atoms with van der Waals surface area (Å²) in [5.74, 6) is 0.908. The number of carbonyl (C=O) groups excluding carboxylic acids is 1. The standard InChI is InChI=1S/C21H22FN3O4S/c1-27-16-7-8-17(28-2)20-19(16)23-21(30-20)25-11-9-24(10-12-25)18(26)13-29-15-6-4-3-5-14(15)22/h3-8H,9-13H2,1-2H3. The van der Waals surface area contributed by atoms with Gasteiger partial charge < -0.3 is 24.0 Å². The summed E-state index contributed by atoms with van der Waals surface area (Å²) < 4.78 is 30.8. The van der Waals surface area contributed by atoms with Gasteiger partial charge >= 0.3 is 0 Å². The van der Waals surface area contributed by atoms with Crippen LogP contribution >= 0.6 is 11.3 Å². The predicted molar refractivity (Wildman–Crippen MR) is 113 cm³/mol. The van der Waals surface area contributed by atoms with E-state index in [4.69, 9.17) is 19.2 Å². The van der Waals surface area contributed by atoms with Gasteiger partial charge in [-0.3, -0.25) is 4.79 Å². The maximum atomic E-state index is 13.6. The number of hydrogen-bond donors (Lipinski definition) is 0. The van der Waals surface area contributed by atoms with Crippen molar-refractivity contribution in [2.24, 2.45) is 0 Å². The lowest BCUT2D eigenvalue weighted by atomic mass is 10.3. The molecule has 0 bridgehead atoms. The lowest BCUT2D eigenvalue weighted by Crippen LogP contribution is -2.50. The lowest BCUT2D eigenvalue weighted by Gasteiger charge is -2.34. The Kier molecular flexibility index (Phi) is 5.89. The van der Waals surface area contributed by atoms with E-state index in [1.54, 1.807) is 42.6 Å². The molecule has 1 amide bonds. The molecule has 0 atom stereocenters. The Bertz CT molecular complexity index is 1010. The summed E-state index contributed by atoms with van der Waals surface area (Å²) >= 11 is 1.54. The molecular weight excluding hydrogens is 409 g/mol. The highest BCUT2D eigenvalue weighted by Gasteiger charge is 2.25. The van der Waals surface area contributed by atoms with Crippen molar-refractivity contribution < 1.29 is 23.4 Å². The van der Waals surface area contributed by atoms with Crippen LogP contribution in [0.15, 0.2) is 36.4 Å². The molecule has 0 unspecified atom stereocenters. The van der Waals surface area contributed by atoms with E-state index in [1.807, 2.05) is 12.1 Å². The second-order valence-corrected chi connectivity index (χ2v) is 7.71. The molecule has 7 nitrogen and oxygen atoms in total. The van der Waals surface area contributed by atoms with Crippen molar-refractivity contribution in [2.45, 2.75) is 0 Å². The minimum absolute atomic E-state index is 0.0851. The van der Waals surface area contributed by atoms with Gasteiger partial charge in [-0.05, 0) is 24.3 Å². The average Bonchev–Trinajstić information content (AvgIpc) is 3.23. The molecule has 2 heterocycles. The van der Waals surface area contributed by atoms with E-state index in [2.05, 4.69) is 4.90 Å². The summed E-state index contributed by atoms with van der Waals surface area (Å²) in [4.78, 5) is 21.1. The summed E-state index contributed by atoms with van der Waals surface area (Å²) in [6.45, 7) is 2.20. The third-order valence-electron chi connectivity index (χ3n) is 4.99. The Labute approximate surface area is 177 Å². The fourth-order valence-corrected chi connectivity index (χ4v) is 4.48. The van der Waals surface area contributed by atoms with Crippen molar-refractivity contribution in [3.8, 4) is 17.2 Å². The Morgan fingerprint density at radius 1 is 1.03 bits per heavy atom. The van der Waals surface area contributed by atoms with Gasteiger partial charge in [0.15, 0.2) is 23.3 Å².